The molecule has 2 rings (SSSR count). The second kappa shape index (κ2) is 4.08. The van der Waals surface area contributed by atoms with Crippen molar-refractivity contribution in [2.24, 2.45) is 11.1 Å². The summed E-state index contributed by atoms with van der Waals surface area (Å²) in [5.74, 6) is -0.368. The van der Waals surface area contributed by atoms with E-state index in [1.807, 2.05) is 20.8 Å². The van der Waals surface area contributed by atoms with Crippen molar-refractivity contribution in [1.82, 2.24) is 0 Å². The van der Waals surface area contributed by atoms with Crippen LogP contribution in [0.1, 0.15) is 30.9 Å². The summed E-state index contributed by atoms with van der Waals surface area (Å²) in [7, 11) is 0. The Hall–Kier alpha value is -1.64. The summed E-state index contributed by atoms with van der Waals surface area (Å²) < 4.78 is 0. The zero-order valence-corrected chi connectivity index (χ0v) is 9.73. The van der Waals surface area contributed by atoms with E-state index in [-0.39, 0.29) is 17.8 Å². The van der Waals surface area contributed by atoms with Crippen molar-refractivity contribution >= 4 is 11.7 Å². The number of hydrogen-bond acceptors (Lipinski definition) is 3. The molecular weight excluding hydrogens is 202 g/mol. The molecule has 0 radical (unpaired) electrons. The minimum Gasteiger partial charge on any atom is -0.318 e. The zero-order chi connectivity index (χ0) is 11.7. The van der Waals surface area contributed by atoms with Gasteiger partial charge in [0, 0.05) is 0 Å². The summed E-state index contributed by atoms with van der Waals surface area (Å²) in [5, 5.41) is 3.73. The number of carbonyl (C=O) groups is 1. The Morgan fingerprint density at radius 2 is 1.88 bits per heavy atom. The zero-order valence-electron chi connectivity index (χ0n) is 9.73. The molecule has 1 aliphatic heterocycles. The number of nitrogens with zero attached hydrogens (tertiary/aromatic N) is 1. The van der Waals surface area contributed by atoms with Gasteiger partial charge in [0.2, 0.25) is 0 Å². The van der Waals surface area contributed by atoms with Crippen molar-refractivity contribution in [1.29, 1.82) is 0 Å². The predicted octanol–water partition coefficient (Wildman–Crippen LogP) is 2.65. The number of oxime groups is 1. The lowest BCUT2D eigenvalue weighted by Gasteiger charge is -2.16. The molecule has 0 amide bonds. The average Bonchev–Trinajstić information content (AvgIpc) is 2.59. The van der Waals surface area contributed by atoms with Crippen LogP contribution in [0.4, 0.5) is 0 Å². The Morgan fingerprint density at radius 1 is 1.25 bits per heavy atom. The summed E-state index contributed by atoms with van der Waals surface area (Å²) >= 11 is 0. The van der Waals surface area contributed by atoms with Gasteiger partial charge >= 0.3 is 5.97 Å². The van der Waals surface area contributed by atoms with Gasteiger partial charge in [0.25, 0.3) is 0 Å². The average molecular weight is 217 g/mol. The highest BCUT2D eigenvalue weighted by Gasteiger charge is 2.35. The van der Waals surface area contributed by atoms with Crippen molar-refractivity contribution in [2.45, 2.75) is 26.7 Å². The monoisotopic (exact) mass is 217 g/mol. The Balaban J connectivity index is 2.25. The number of rotatable bonds is 2. The van der Waals surface area contributed by atoms with Crippen LogP contribution < -0.4 is 0 Å². The number of benzene rings is 1. The van der Waals surface area contributed by atoms with Crippen LogP contribution in [0.2, 0.25) is 0 Å². The Labute approximate surface area is 95.1 Å². The first kappa shape index (κ1) is 10.9. The molecule has 1 aromatic rings. The fourth-order valence-corrected chi connectivity index (χ4v) is 2.03. The van der Waals surface area contributed by atoms with Crippen LogP contribution in [-0.2, 0) is 9.63 Å². The molecule has 0 aromatic heterocycles. The van der Waals surface area contributed by atoms with Crippen LogP contribution in [0, 0.1) is 12.8 Å². The standard InChI is InChI=1S/C13H15NO2/c1-8-4-6-11(7-5-8)9(2)12-10(3)14-16-13(12)15/h4-7,9,12H,1-3H3. The molecule has 0 bridgehead atoms. The molecule has 0 spiro atoms. The lowest BCUT2D eigenvalue weighted by atomic mass is 9.85. The van der Waals surface area contributed by atoms with Gasteiger partial charge in [0.05, 0.1) is 5.71 Å². The first-order chi connectivity index (χ1) is 7.59. The lowest BCUT2D eigenvalue weighted by molar-refractivity contribution is -0.143. The van der Waals surface area contributed by atoms with E-state index < -0.39 is 0 Å². The van der Waals surface area contributed by atoms with Gasteiger partial charge in [0.15, 0.2) is 0 Å². The third kappa shape index (κ3) is 1.85. The van der Waals surface area contributed by atoms with E-state index in [1.54, 1.807) is 0 Å². The summed E-state index contributed by atoms with van der Waals surface area (Å²) in [4.78, 5) is 16.2. The van der Waals surface area contributed by atoms with Gasteiger partial charge in [-0.05, 0) is 25.3 Å². The number of aryl methyl sites for hydroxylation is 1. The molecule has 0 N–H and O–H groups in total. The second-order valence-electron chi connectivity index (χ2n) is 4.32. The van der Waals surface area contributed by atoms with Crippen molar-refractivity contribution < 1.29 is 9.63 Å². The summed E-state index contributed by atoms with van der Waals surface area (Å²) in [5.41, 5.74) is 3.12. The molecule has 3 nitrogen and oxygen atoms in total. The van der Waals surface area contributed by atoms with Gasteiger partial charge in [-0.1, -0.05) is 41.9 Å². The Kier molecular flexibility index (Phi) is 2.77. The van der Waals surface area contributed by atoms with Crippen LogP contribution >= 0.6 is 0 Å². The fraction of sp³-hybridized carbons (Fsp3) is 0.385. The third-order valence-electron chi connectivity index (χ3n) is 3.09. The summed E-state index contributed by atoms with van der Waals surface area (Å²) in [6.07, 6.45) is 0. The summed E-state index contributed by atoms with van der Waals surface area (Å²) in [6, 6.07) is 8.22. The van der Waals surface area contributed by atoms with Crippen molar-refractivity contribution in [2.75, 3.05) is 0 Å². The van der Waals surface area contributed by atoms with Crippen molar-refractivity contribution in [3.63, 3.8) is 0 Å². The van der Waals surface area contributed by atoms with Crippen LogP contribution in [-0.4, -0.2) is 11.7 Å². The van der Waals surface area contributed by atoms with Crippen LogP contribution in [0.5, 0.6) is 0 Å². The lowest BCUT2D eigenvalue weighted by Crippen LogP contribution is -2.22. The quantitative estimate of drug-likeness (QED) is 0.714. The molecule has 1 aromatic carbocycles. The van der Waals surface area contributed by atoms with Crippen LogP contribution in [0.25, 0.3) is 0 Å². The minimum absolute atomic E-state index is 0.111. The third-order valence-corrected chi connectivity index (χ3v) is 3.09. The fourth-order valence-electron chi connectivity index (χ4n) is 2.03. The van der Waals surface area contributed by atoms with Crippen LogP contribution in [0.3, 0.4) is 0 Å². The second-order valence-corrected chi connectivity index (χ2v) is 4.32. The van der Waals surface area contributed by atoms with Crippen LogP contribution in [0.15, 0.2) is 29.4 Å². The minimum atomic E-state index is -0.245. The Morgan fingerprint density at radius 3 is 2.38 bits per heavy atom. The maximum Gasteiger partial charge on any atom is 0.344 e. The van der Waals surface area contributed by atoms with Gasteiger partial charge in [-0.2, -0.15) is 0 Å². The van der Waals surface area contributed by atoms with E-state index in [0.29, 0.717) is 0 Å². The molecule has 0 saturated carbocycles. The molecule has 3 heteroatoms. The normalized spacial score (nSPS) is 21.6. The van der Waals surface area contributed by atoms with E-state index in [2.05, 4.69) is 29.4 Å². The van der Waals surface area contributed by atoms with E-state index in [4.69, 9.17) is 4.84 Å². The Bertz CT molecular complexity index is 434. The maximum atomic E-state index is 11.5. The van der Waals surface area contributed by atoms with Gasteiger partial charge in [0.1, 0.15) is 5.92 Å². The van der Waals surface area contributed by atoms with E-state index >= 15 is 0 Å². The molecule has 84 valence electrons. The van der Waals surface area contributed by atoms with Gasteiger partial charge in [-0.25, -0.2) is 4.79 Å². The first-order valence-corrected chi connectivity index (χ1v) is 5.41. The molecular formula is C13H15NO2. The largest absolute Gasteiger partial charge is 0.344 e. The molecule has 0 fully saturated rings. The maximum absolute atomic E-state index is 11.5. The van der Waals surface area contributed by atoms with Gasteiger partial charge < -0.3 is 4.84 Å². The highest BCUT2D eigenvalue weighted by Crippen LogP contribution is 2.29. The topological polar surface area (TPSA) is 38.7 Å². The molecule has 16 heavy (non-hydrogen) atoms. The number of carbonyl (C=O) groups excluding carboxylic acids is 1. The molecule has 1 aliphatic rings. The van der Waals surface area contributed by atoms with E-state index in [1.165, 1.54) is 5.56 Å². The van der Waals surface area contributed by atoms with Gasteiger partial charge in [-0.3, -0.25) is 0 Å². The van der Waals surface area contributed by atoms with Gasteiger partial charge in [-0.15, -0.1) is 0 Å². The molecule has 2 unspecified atom stereocenters. The molecule has 1 heterocycles. The highest BCUT2D eigenvalue weighted by molar-refractivity contribution is 6.04. The molecule has 0 saturated heterocycles. The smallest absolute Gasteiger partial charge is 0.318 e. The first-order valence-electron chi connectivity index (χ1n) is 5.41. The van der Waals surface area contributed by atoms with Crippen molar-refractivity contribution in [3.8, 4) is 0 Å². The van der Waals surface area contributed by atoms with Crippen molar-refractivity contribution in [3.05, 3.63) is 35.4 Å². The molecule has 0 aliphatic carbocycles. The number of hydrogen-bond donors (Lipinski definition) is 0. The predicted molar refractivity (Wildman–Crippen MR) is 62.3 cm³/mol. The summed E-state index contributed by atoms with van der Waals surface area (Å²) in [6.45, 7) is 5.91. The molecule has 2 atom stereocenters. The SMILES string of the molecule is CC1=NOC(=O)C1C(C)c1ccc(C)cc1. The van der Waals surface area contributed by atoms with E-state index in [9.17, 15) is 4.79 Å². The van der Waals surface area contributed by atoms with E-state index in [0.717, 1.165) is 11.3 Å². The highest BCUT2D eigenvalue weighted by atomic mass is 16.7.